The first-order valence-corrected chi connectivity index (χ1v) is 9.78. The summed E-state index contributed by atoms with van der Waals surface area (Å²) in [5.41, 5.74) is 1.58. The van der Waals surface area contributed by atoms with Gasteiger partial charge in [0.15, 0.2) is 0 Å². The molecular weight excluding hydrogens is 344 g/mol. The summed E-state index contributed by atoms with van der Waals surface area (Å²) in [4.78, 5) is 24.7. The number of hydrogen-bond acceptors (Lipinski definition) is 4. The minimum Gasteiger partial charge on any atom is -0.481 e. The first-order chi connectivity index (χ1) is 11.7. The van der Waals surface area contributed by atoms with Gasteiger partial charge in [-0.25, -0.2) is 8.42 Å². The van der Waals surface area contributed by atoms with E-state index < -0.39 is 21.9 Å². The average Bonchev–Trinajstić information content (AvgIpc) is 2.97. The van der Waals surface area contributed by atoms with Crippen LogP contribution in [0.3, 0.4) is 0 Å². The number of rotatable bonds is 3. The Kier molecular flexibility index (Phi) is 4.59. The summed E-state index contributed by atoms with van der Waals surface area (Å²) in [6, 6.07) is 4.78. The molecule has 2 aliphatic rings. The van der Waals surface area contributed by atoms with Crippen LogP contribution < -0.4 is 4.90 Å². The first-order valence-electron chi connectivity index (χ1n) is 8.34. The highest BCUT2D eigenvalue weighted by Crippen LogP contribution is 2.33. The van der Waals surface area contributed by atoms with Crippen molar-refractivity contribution in [3.05, 3.63) is 23.8 Å². The topological polar surface area (TPSA) is 95.0 Å². The minimum absolute atomic E-state index is 0.00133. The van der Waals surface area contributed by atoms with Crippen LogP contribution in [0.4, 0.5) is 5.69 Å². The Balaban J connectivity index is 1.90. The molecule has 1 aromatic rings. The first kappa shape index (κ1) is 17.9. The molecule has 3 rings (SSSR count). The van der Waals surface area contributed by atoms with Crippen molar-refractivity contribution in [3.63, 3.8) is 0 Å². The maximum atomic E-state index is 13.0. The SMILES string of the molecule is CC(=O)N1CCc2cc(S(=O)(=O)N3CC(C)CC(C(=O)O)C3)ccc21. The van der Waals surface area contributed by atoms with Crippen LogP contribution in [-0.2, 0) is 26.0 Å². The molecule has 1 amide bonds. The van der Waals surface area contributed by atoms with E-state index in [0.29, 0.717) is 25.9 Å². The Morgan fingerprint density at radius 3 is 2.60 bits per heavy atom. The molecule has 0 bridgehead atoms. The zero-order chi connectivity index (χ0) is 18.4. The fraction of sp³-hybridized carbons (Fsp3) is 0.529. The molecular formula is C17H22N2O5S. The van der Waals surface area contributed by atoms with Gasteiger partial charge in [0.1, 0.15) is 0 Å². The zero-order valence-corrected chi connectivity index (χ0v) is 15.1. The van der Waals surface area contributed by atoms with Gasteiger partial charge < -0.3 is 10.0 Å². The van der Waals surface area contributed by atoms with Gasteiger partial charge in [0.25, 0.3) is 0 Å². The van der Waals surface area contributed by atoms with E-state index in [0.717, 1.165) is 11.3 Å². The van der Waals surface area contributed by atoms with Crippen LogP contribution in [-0.4, -0.2) is 49.3 Å². The molecule has 1 saturated heterocycles. The molecule has 2 atom stereocenters. The third-order valence-corrected chi connectivity index (χ3v) is 6.77. The van der Waals surface area contributed by atoms with Crippen molar-refractivity contribution in [1.82, 2.24) is 4.31 Å². The minimum atomic E-state index is -3.75. The number of nitrogens with zero attached hydrogens (tertiary/aromatic N) is 2. The lowest BCUT2D eigenvalue weighted by molar-refractivity contribution is -0.143. The molecule has 2 aliphatic heterocycles. The zero-order valence-electron chi connectivity index (χ0n) is 14.3. The fourth-order valence-electron chi connectivity index (χ4n) is 3.69. The summed E-state index contributed by atoms with van der Waals surface area (Å²) in [6.45, 7) is 4.23. The van der Waals surface area contributed by atoms with E-state index in [1.807, 2.05) is 6.92 Å². The number of piperidine rings is 1. The van der Waals surface area contributed by atoms with Crippen molar-refractivity contribution < 1.29 is 23.1 Å². The predicted octanol–water partition coefficient (Wildman–Crippen LogP) is 1.33. The predicted molar refractivity (Wildman–Crippen MR) is 91.8 cm³/mol. The molecule has 7 nitrogen and oxygen atoms in total. The quantitative estimate of drug-likeness (QED) is 0.871. The molecule has 25 heavy (non-hydrogen) atoms. The van der Waals surface area contributed by atoms with Crippen LogP contribution in [0.25, 0.3) is 0 Å². The Morgan fingerprint density at radius 1 is 1.24 bits per heavy atom. The number of fused-ring (bicyclic) bond motifs is 1. The Hall–Kier alpha value is -1.93. The Morgan fingerprint density at radius 2 is 1.96 bits per heavy atom. The average molecular weight is 366 g/mol. The number of hydrogen-bond donors (Lipinski definition) is 1. The van der Waals surface area contributed by atoms with Gasteiger partial charge in [-0.1, -0.05) is 6.92 Å². The number of amides is 1. The van der Waals surface area contributed by atoms with Crippen LogP contribution in [0, 0.1) is 11.8 Å². The van der Waals surface area contributed by atoms with Gasteiger partial charge in [-0.3, -0.25) is 9.59 Å². The molecule has 0 spiro atoms. The van der Waals surface area contributed by atoms with Crippen molar-refractivity contribution in [2.24, 2.45) is 11.8 Å². The molecule has 1 fully saturated rings. The molecule has 0 saturated carbocycles. The smallest absolute Gasteiger partial charge is 0.307 e. The van der Waals surface area contributed by atoms with Gasteiger partial charge in [-0.2, -0.15) is 4.31 Å². The summed E-state index contributed by atoms with van der Waals surface area (Å²) in [5.74, 6) is -1.71. The van der Waals surface area contributed by atoms with Gasteiger partial charge in [0, 0.05) is 32.2 Å². The highest BCUT2D eigenvalue weighted by atomic mass is 32.2. The molecule has 136 valence electrons. The number of carboxylic acids is 1. The van der Waals surface area contributed by atoms with Crippen LogP contribution >= 0.6 is 0 Å². The lowest BCUT2D eigenvalue weighted by Gasteiger charge is -2.33. The van der Waals surface area contributed by atoms with E-state index in [9.17, 15) is 23.1 Å². The molecule has 1 N–H and O–H groups in total. The van der Waals surface area contributed by atoms with Crippen molar-refractivity contribution in [1.29, 1.82) is 0 Å². The molecule has 2 unspecified atom stereocenters. The number of carboxylic acid groups (broad SMARTS) is 1. The maximum Gasteiger partial charge on any atom is 0.307 e. The molecule has 1 aromatic carbocycles. The molecule has 0 aromatic heterocycles. The number of carbonyl (C=O) groups excluding carboxylic acids is 1. The largest absolute Gasteiger partial charge is 0.481 e. The summed E-state index contributed by atoms with van der Waals surface area (Å²) in [7, 11) is -3.75. The third kappa shape index (κ3) is 3.28. The number of anilines is 1. The number of benzene rings is 1. The highest BCUT2D eigenvalue weighted by Gasteiger charge is 2.36. The van der Waals surface area contributed by atoms with E-state index in [1.165, 1.54) is 17.3 Å². The number of sulfonamides is 1. The molecule has 0 aliphatic carbocycles. The number of carbonyl (C=O) groups is 2. The van der Waals surface area contributed by atoms with E-state index in [4.69, 9.17) is 0 Å². The third-order valence-electron chi connectivity index (χ3n) is 4.94. The van der Waals surface area contributed by atoms with E-state index in [-0.39, 0.29) is 23.3 Å². The van der Waals surface area contributed by atoms with Crippen LogP contribution in [0.2, 0.25) is 0 Å². The Bertz CT molecular complexity index is 820. The van der Waals surface area contributed by atoms with E-state index in [2.05, 4.69) is 0 Å². The summed E-state index contributed by atoms with van der Waals surface area (Å²) in [6.07, 6.45) is 1.10. The van der Waals surface area contributed by atoms with Crippen molar-refractivity contribution >= 4 is 27.6 Å². The fourth-order valence-corrected chi connectivity index (χ4v) is 5.35. The second kappa shape index (κ2) is 6.42. The lowest BCUT2D eigenvalue weighted by Crippen LogP contribution is -2.45. The van der Waals surface area contributed by atoms with Gasteiger partial charge >= 0.3 is 5.97 Å². The maximum absolute atomic E-state index is 13.0. The summed E-state index contributed by atoms with van der Waals surface area (Å²) in [5, 5.41) is 9.26. The molecule has 2 heterocycles. The number of aliphatic carboxylic acids is 1. The van der Waals surface area contributed by atoms with Gasteiger partial charge in [-0.05, 0) is 42.5 Å². The lowest BCUT2D eigenvalue weighted by atomic mass is 9.92. The molecule has 0 radical (unpaired) electrons. The standard InChI is InChI=1S/C17H22N2O5S/c1-11-7-14(17(21)22)10-18(9-11)25(23,24)15-3-4-16-13(8-15)5-6-19(16)12(2)20/h3-4,8,11,14H,5-7,9-10H2,1-2H3,(H,21,22). The van der Waals surface area contributed by atoms with Gasteiger partial charge in [0.05, 0.1) is 10.8 Å². The molecule has 8 heteroatoms. The van der Waals surface area contributed by atoms with Crippen LogP contribution in [0.5, 0.6) is 0 Å². The summed E-state index contributed by atoms with van der Waals surface area (Å²) < 4.78 is 27.2. The van der Waals surface area contributed by atoms with Gasteiger partial charge in [-0.15, -0.1) is 0 Å². The second-order valence-corrected chi connectivity index (χ2v) is 8.85. The van der Waals surface area contributed by atoms with E-state index in [1.54, 1.807) is 17.0 Å². The van der Waals surface area contributed by atoms with Crippen LogP contribution in [0.1, 0.15) is 25.8 Å². The van der Waals surface area contributed by atoms with Crippen molar-refractivity contribution in [3.8, 4) is 0 Å². The second-order valence-electron chi connectivity index (χ2n) is 6.91. The Labute approximate surface area is 147 Å². The summed E-state index contributed by atoms with van der Waals surface area (Å²) >= 11 is 0. The van der Waals surface area contributed by atoms with E-state index >= 15 is 0 Å². The van der Waals surface area contributed by atoms with Crippen LogP contribution in [0.15, 0.2) is 23.1 Å². The van der Waals surface area contributed by atoms with Gasteiger partial charge in [0.2, 0.25) is 15.9 Å². The van der Waals surface area contributed by atoms with Crippen molar-refractivity contribution in [2.45, 2.75) is 31.6 Å². The van der Waals surface area contributed by atoms with Crippen molar-refractivity contribution in [2.75, 3.05) is 24.5 Å². The normalized spacial score (nSPS) is 24.2. The monoisotopic (exact) mass is 366 g/mol. The highest BCUT2D eigenvalue weighted by molar-refractivity contribution is 7.89.